The third kappa shape index (κ3) is 12.9. The molecule has 28 heteroatoms. The van der Waals surface area contributed by atoms with E-state index in [0.29, 0.717) is 32.1 Å². The van der Waals surface area contributed by atoms with Crippen molar-refractivity contribution in [1.29, 1.82) is 0 Å². The predicted octanol–water partition coefficient (Wildman–Crippen LogP) is -3.99. The molecule has 0 spiro atoms. The molecule has 0 aromatic carbocycles. The van der Waals surface area contributed by atoms with E-state index < -0.39 is 215 Å². The molecular weight excluding hydrogens is 1180 g/mol. The van der Waals surface area contributed by atoms with Crippen molar-refractivity contribution in [3.05, 3.63) is 11.6 Å². The molecule has 0 aromatic rings. The summed E-state index contributed by atoms with van der Waals surface area (Å²) in [4.78, 5) is 0. The highest BCUT2D eigenvalue weighted by molar-refractivity contribution is 5.32. The van der Waals surface area contributed by atoms with Crippen LogP contribution in [0.25, 0.3) is 0 Å². The van der Waals surface area contributed by atoms with Crippen LogP contribution >= 0.6 is 0 Å². The van der Waals surface area contributed by atoms with E-state index in [1.54, 1.807) is 6.92 Å². The molecule has 4 aliphatic carbocycles. The molecule has 0 amide bonds. The molecule has 5 saturated heterocycles. The lowest BCUT2D eigenvalue weighted by Crippen LogP contribution is -2.67. The molecule has 89 heavy (non-hydrogen) atoms. The average molecular weight is 1290 g/mol. The standard InChI is InChI=1S/C61H104O28/c1-10-28-37(67)42(72)45(75)52(80-28)87-50-41(71)32(23-65)83-55(48(50)78)89-51-44(74)39(69)30(21-63)84-56(51)86-36(58(5,6)79)15-11-24(2)25-17-18-59(7)33-14-12-26-27(61(33,9)34(66)19-60(25,59)8)13-16-35(57(26,3)4)85-54-47(77)49(40(70)31(22-64)82-54)88-53-46(76)43(73)38(68)29(20-62)81-53/h12,24-25,27-56,62-79H,10-11,13-23H2,1-9H3/t24-,25?,27?,28+,29-,30-,31-,32+,33?,34-,35+,36-,37+,38-,39-,40-,41+,42-,43+,44+,45+,46-,47-,48+,49+,50-,51-,52-,53+,54+,55-,56+,59+,60-,61+/m1/s1. The van der Waals surface area contributed by atoms with Crippen molar-refractivity contribution in [3.63, 3.8) is 0 Å². The SMILES string of the molecule is CC[C@@H]1O[C@H](O[C@H]2[C@H](O)[C@@H](O[C@H]3[C@H](O[C@H](CC[C@@H](C)C4CC[C@@]5(C)C6CC=C7C(CC[C@H](O[C@@H]8O[C@H](CO)[C@@H](O)[C@H](O[C@@H]9O[C@H](CO)[C@@H](O)[C@H](O)[C@H]9O)[C@H]8O)C7(C)C)[C@]6(C)[C@H](O)C[C@]45C)C(C)(C)O)O[C@H](CO)[C@@H](O)[C@@H]3O)O[C@@H](CO)[C@@H]2O)[C@@H](O)[C@H](O)[C@H]1O. The number of aliphatic hydroxyl groups is 18. The molecule has 0 radical (unpaired) electrons. The molecule has 5 aliphatic heterocycles. The van der Waals surface area contributed by atoms with Gasteiger partial charge in [-0.1, -0.05) is 60.1 Å². The number of ether oxygens (including phenoxy) is 10. The van der Waals surface area contributed by atoms with Crippen molar-refractivity contribution < 1.29 is 139 Å². The first-order valence-corrected chi connectivity index (χ1v) is 32.0. The lowest BCUT2D eigenvalue weighted by Gasteiger charge is -2.67. The summed E-state index contributed by atoms with van der Waals surface area (Å²) >= 11 is 0. The van der Waals surface area contributed by atoms with E-state index in [1.165, 1.54) is 13.8 Å². The van der Waals surface area contributed by atoms with Crippen LogP contribution in [0.5, 0.6) is 0 Å². The summed E-state index contributed by atoms with van der Waals surface area (Å²) in [7, 11) is 0. The van der Waals surface area contributed by atoms with E-state index in [-0.39, 0.29) is 47.3 Å². The molecule has 18 N–H and O–H groups in total. The van der Waals surface area contributed by atoms with Gasteiger partial charge in [-0.15, -0.1) is 0 Å². The molecule has 0 aromatic heterocycles. The highest BCUT2D eigenvalue weighted by atomic mass is 16.8. The molecule has 5 heterocycles. The first-order valence-electron chi connectivity index (χ1n) is 32.0. The van der Waals surface area contributed by atoms with Gasteiger partial charge in [-0.2, -0.15) is 0 Å². The summed E-state index contributed by atoms with van der Waals surface area (Å²) in [6, 6.07) is 0. The fourth-order valence-corrected chi connectivity index (χ4v) is 17.4. The summed E-state index contributed by atoms with van der Waals surface area (Å²) in [5.74, 6) is 0.0461. The Morgan fingerprint density at radius 3 is 1.47 bits per heavy atom. The van der Waals surface area contributed by atoms with Crippen LogP contribution in [0.1, 0.15) is 120 Å². The third-order valence-corrected chi connectivity index (χ3v) is 23.1. The molecule has 3 saturated carbocycles. The van der Waals surface area contributed by atoms with Crippen LogP contribution in [-0.2, 0) is 47.4 Å². The Kier molecular flexibility index (Phi) is 22.3. The Hall–Kier alpha value is -1.38. The monoisotopic (exact) mass is 1280 g/mol. The molecule has 9 aliphatic rings. The number of fused-ring (bicyclic) bond motifs is 5. The van der Waals surface area contributed by atoms with Crippen LogP contribution in [0.2, 0.25) is 0 Å². The third-order valence-electron chi connectivity index (χ3n) is 23.1. The lowest BCUT2D eigenvalue weighted by molar-refractivity contribution is -0.389. The molecule has 516 valence electrons. The highest BCUT2D eigenvalue weighted by Crippen LogP contribution is 2.75. The minimum absolute atomic E-state index is 0.00992. The average Bonchev–Trinajstić information content (AvgIpc) is 1.66. The Balaban J connectivity index is 0.879. The van der Waals surface area contributed by atoms with Crippen LogP contribution in [-0.4, -0.2) is 296 Å². The van der Waals surface area contributed by atoms with Gasteiger partial charge >= 0.3 is 0 Å². The molecule has 0 bridgehead atoms. The van der Waals surface area contributed by atoms with Crippen LogP contribution in [0.3, 0.4) is 0 Å². The first kappa shape index (κ1) is 71.9. The number of allylic oxidation sites excluding steroid dienone is 1. The van der Waals surface area contributed by atoms with Crippen LogP contribution in [0.4, 0.5) is 0 Å². The van der Waals surface area contributed by atoms with Crippen molar-refractivity contribution in [3.8, 4) is 0 Å². The quantitative estimate of drug-likeness (QED) is 0.0517. The lowest BCUT2D eigenvalue weighted by atomic mass is 9.38. The van der Waals surface area contributed by atoms with Gasteiger partial charge in [-0.3, -0.25) is 0 Å². The topological polar surface area (TPSA) is 456 Å². The minimum Gasteiger partial charge on any atom is -0.394 e. The Labute approximate surface area is 518 Å². The number of hydrogen-bond acceptors (Lipinski definition) is 28. The second-order valence-corrected chi connectivity index (χ2v) is 28.9. The first-order chi connectivity index (χ1) is 41.7. The van der Waals surface area contributed by atoms with E-state index >= 15 is 0 Å². The van der Waals surface area contributed by atoms with Gasteiger partial charge in [-0.25, -0.2) is 0 Å². The molecule has 35 atom stereocenters. The molecule has 3 unspecified atom stereocenters. The van der Waals surface area contributed by atoms with Gasteiger partial charge in [0.2, 0.25) is 0 Å². The summed E-state index contributed by atoms with van der Waals surface area (Å²) in [6.07, 6.45) is -36.5. The van der Waals surface area contributed by atoms with Gasteiger partial charge in [0.15, 0.2) is 31.5 Å². The van der Waals surface area contributed by atoms with Gasteiger partial charge in [-0.05, 0) is 106 Å². The summed E-state index contributed by atoms with van der Waals surface area (Å²) < 4.78 is 60.0. The van der Waals surface area contributed by atoms with E-state index in [1.807, 2.05) is 13.8 Å². The van der Waals surface area contributed by atoms with Crippen molar-refractivity contribution in [2.45, 2.75) is 298 Å². The van der Waals surface area contributed by atoms with Crippen molar-refractivity contribution in [2.24, 2.45) is 45.3 Å². The fraction of sp³-hybridized carbons (Fsp3) is 0.967. The number of aliphatic hydroxyl groups excluding tert-OH is 17. The Morgan fingerprint density at radius 1 is 0.517 bits per heavy atom. The highest BCUT2D eigenvalue weighted by Gasteiger charge is 2.71. The number of hydrogen-bond donors (Lipinski definition) is 18. The largest absolute Gasteiger partial charge is 0.394 e. The van der Waals surface area contributed by atoms with Gasteiger partial charge < -0.3 is 139 Å². The van der Waals surface area contributed by atoms with E-state index in [2.05, 4.69) is 33.8 Å². The zero-order chi connectivity index (χ0) is 65.5. The Bertz CT molecular complexity index is 2350. The molecule has 8 fully saturated rings. The second kappa shape index (κ2) is 27.6. The van der Waals surface area contributed by atoms with Gasteiger partial charge in [0, 0.05) is 10.8 Å². The fourth-order valence-electron chi connectivity index (χ4n) is 17.4. The van der Waals surface area contributed by atoms with E-state index in [0.717, 1.165) is 18.4 Å². The zero-order valence-electron chi connectivity index (χ0n) is 52.4. The predicted molar refractivity (Wildman–Crippen MR) is 303 cm³/mol. The van der Waals surface area contributed by atoms with Crippen LogP contribution in [0.15, 0.2) is 11.6 Å². The second-order valence-electron chi connectivity index (χ2n) is 28.9. The molecule has 9 rings (SSSR count). The van der Waals surface area contributed by atoms with E-state index in [4.69, 9.17) is 47.4 Å². The summed E-state index contributed by atoms with van der Waals surface area (Å²) in [5.41, 5.74) is -2.41. The van der Waals surface area contributed by atoms with E-state index in [9.17, 15) is 91.9 Å². The zero-order valence-corrected chi connectivity index (χ0v) is 52.4. The summed E-state index contributed by atoms with van der Waals surface area (Å²) in [5, 5.41) is 197. The van der Waals surface area contributed by atoms with Crippen molar-refractivity contribution in [2.75, 3.05) is 26.4 Å². The summed E-state index contributed by atoms with van der Waals surface area (Å²) in [6.45, 7) is 14.7. The van der Waals surface area contributed by atoms with Crippen molar-refractivity contribution in [1.82, 2.24) is 0 Å². The maximum Gasteiger partial charge on any atom is 0.187 e. The van der Waals surface area contributed by atoms with Crippen LogP contribution < -0.4 is 0 Å². The smallest absolute Gasteiger partial charge is 0.187 e. The van der Waals surface area contributed by atoms with Gasteiger partial charge in [0.1, 0.15) is 116 Å². The number of rotatable bonds is 20. The van der Waals surface area contributed by atoms with Crippen molar-refractivity contribution >= 4 is 0 Å². The minimum atomic E-state index is -1.98. The maximum atomic E-state index is 12.8. The van der Waals surface area contributed by atoms with Gasteiger partial charge in [0.25, 0.3) is 0 Å². The maximum absolute atomic E-state index is 12.8. The van der Waals surface area contributed by atoms with Gasteiger partial charge in [0.05, 0.1) is 56.4 Å². The van der Waals surface area contributed by atoms with Crippen LogP contribution in [0, 0.1) is 45.3 Å². The molecule has 28 nitrogen and oxygen atoms in total. The molecular formula is C61H104O28. The normalized spacial score (nSPS) is 51.8. The Morgan fingerprint density at radius 2 is 0.966 bits per heavy atom.